The smallest absolute Gasteiger partial charge is 0.271 e. The number of nitrogens with one attached hydrogen (secondary N) is 1. The van der Waals surface area contributed by atoms with Crippen LogP contribution in [0.2, 0.25) is 0 Å². The maximum atomic E-state index is 11.6. The summed E-state index contributed by atoms with van der Waals surface area (Å²) in [6.45, 7) is 3.72. The van der Waals surface area contributed by atoms with Gasteiger partial charge in [-0.1, -0.05) is 0 Å². The van der Waals surface area contributed by atoms with Crippen LogP contribution >= 0.6 is 0 Å². The molecule has 3 heterocycles. The van der Waals surface area contributed by atoms with Gasteiger partial charge in [0.15, 0.2) is 0 Å². The molecule has 0 bridgehead atoms. The Morgan fingerprint density at radius 1 is 1.41 bits per heavy atom. The second-order valence-electron chi connectivity index (χ2n) is 5.50. The summed E-state index contributed by atoms with van der Waals surface area (Å²) in [5.74, 6) is 0.608. The first-order valence-electron chi connectivity index (χ1n) is 7.49. The van der Waals surface area contributed by atoms with Crippen LogP contribution in [-0.2, 0) is 0 Å². The fourth-order valence-corrected chi connectivity index (χ4v) is 2.73. The summed E-state index contributed by atoms with van der Waals surface area (Å²) < 4.78 is 1.88. The fourth-order valence-electron chi connectivity index (χ4n) is 2.73. The van der Waals surface area contributed by atoms with Crippen molar-refractivity contribution in [3.8, 4) is 0 Å². The molecule has 1 amide bonds. The zero-order valence-electron chi connectivity index (χ0n) is 12.9. The first kappa shape index (κ1) is 14.5. The molecule has 1 aliphatic heterocycles. The van der Waals surface area contributed by atoms with Crippen LogP contribution in [0.5, 0.6) is 0 Å². The maximum Gasteiger partial charge on any atom is 0.271 e. The van der Waals surface area contributed by atoms with Gasteiger partial charge in [0.05, 0.1) is 6.04 Å². The summed E-state index contributed by atoms with van der Waals surface area (Å²) in [4.78, 5) is 22.7. The minimum atomic E-state index is -0.159. The summed E-state index contributed by atoms with van der Waals surface area (Å²) in [5.41, 5.74) is 1.42. The van der Waals surface area contributed by atoms with Crippen molar-refractivity contribution in [3.63, 3.8) is 0 Å². The molecule has 1 N–H and O–H groups in total. The van der Waals surface area contributed by atoms with E-state index in [1.165, 1.54) is 0 Å². The molecule has 1 saturated heterocycles. The Hall–Kier alpha value is -2.44. The predicted molar refractivity (Wildman–Crippen MR) is 82.9 cm³/mol. The zero-order chi connectivity index (χ0) is 15.5. The standard InChI is InChI=1S/C15H20N6O/c1-11-5-7-17-15(18-11)20-8-3-4-12(10-20)21-9-6-13(19-21)14(22)16-2/h5-7,9,12H,3-4,8,10H2,1-2H3,(H,16,22). The molecule has 0 saturated carbocycles. The number of aromatic nitrogens is 4. The molecule has 0 aliphatic carbocycles. The van der Waals surface area contributed by atoms with E-state index in [1.807, 2.05) is 23.9 Å². The van der Waals surface area contributed by atoms with Crippen LogP contribution in [0.4, 0.5) is 5.95 Å². The predicted octanol–water partition coefficient (Wildman–Crippen LogP) is 1.18. The van der Waals surface area contributed by atoms with Gasteiger partial charge in [0.1, 0.15) is 5.69 Å². The van der Waals surface area contributed by atoms with Crippen molar-refractivity contribution in [3.05, 3.63) is 35.9 Å². The Balaban J connectivity index is 1.75. The third-order valence-electron chi connectivity index (χ3n) is 3.90. The van der Waals surface area contributed by atoms with Gasteiger partial charge in [-0.05, 0) is 31.9 Å². The van der Waals surface area contributed by atoms with Gasteiger partial charge in [-0.25, -0.2) is 9.97 Å². The SMILES string of the molecule is CNC(=O)c1ccn(C2CCCN(c3nccc(C)n3)C2)n1. The number of carbonyl (C=O) groups is 1. The molecule has 1 unspecified atom stereocenters. The molecule has 1 fully saturated rings. The Kier molecular flexibility index (Phi) is 4.04. The molecule has 0 aromatic carbocycles. The highest BCUT2D eigenvalue weighted by atomic mass is 16.1. The Labute approximate surface area is 129 Å². The first-order chi connectivity index (χ1) is 10.7. The van der Waals surface area contributed by atoms with Crippen molar-refractivity contribution in [2.75, 3.05) is 25.0 Å². The molecule has 22 heavy (non-hydrogen) atoms. The quantitative estimate of drug-likeness (QED) is 0.921. The maximum absolute atomic E-state index is 11.6. The average molecular weight is 300 g/mol. The van der Waals surface area contributed by atoms with E-state index in [9.17, 15) is 4.79 Å². The Bertz CT molecular complexity index is 668. The highest BCUT2D eigenvalue weighted by molar-refractivity contribution is 5.91. The second-order valence-corrected chi connectivity index (χ2v) is 5.50. The van der Waals surface area contributed by atoms with Gasteiger partial charge < -0.3 is 10.2 Å². The van der Waals surface area contributed by atoms with Crippen LogP contribution in [0, 0.1) is 6.92 Å². The monoisotopic (exact) mass is 300 g/mol. The van der Waals surface area contributed by atoms with E-state index < -0.39 is 0 Å². The van der Waals surface area contributed by atoms with Crippen LogP contribution in [-0.4, -0.2) is 45.8 Å². The van der Waals surface area contributed by atoms with Crippen molar-refractivity contribution < 1.29 is 4.79 Å². The van der Waals surface area contributed by atoms with E-state index in [0.717, 1.165) is 37.6 Å². The fraction of sp³-hybridized carbons (Fsp3) is 0.467. The number of nitrogens with zero attached hydrogens (tertiary/aromatic N) is 5. The number of anilines is 1. The van der Waals surface area contributed by atoms with E-state index in [4.69, 9.17) is 0 Å². The third kappa shape index (κ3) is 2.93. The molecule has 2 aromatic heterocycles. The number of carbonyl (C=O) groups excluding carboxylic acids is 1. The zero-order valence-corrected chi connectivity index (χ0v) is 12.9. The van der Waals surface area contributed by atoms with Crippen molar-refractivity contribution in [2.24, 2.45) is 0 Å². The van der Waals surface area contributed by atoms with Crippen LogP contribution in [0.1, 0.15) is 35.1 Å². The van der Waals surface area contributed by atoms with E-state index in [1.54, 1.807) is 19.3 Å². The molecule has 1 aliphatic rings. The first-order valence-corrected chi connectivity index (χ1v) is 7.49. The topological polar surface area (TPSA) is 75.9 Å². The molecule has 0 spiro atoms. The van der Waals surface area contributed by atoms with Crippen molar-refractivity contribution >= 4 is 11.9 Å². The lowest BCUT2D eigenvalue weighted by atomic mass is 10.1. The van der Waals surface area contributed by atoms with Crippen molar-refractivity contribution in [1.29, 1.82) is 0 Å². The summed E-state index contributed by atoms with van der Waals surface area (Å²) in [6, 6.07) is 3.88. The number of piperidine rings is 1. The van der Waals surface area contributed by atoms with Crippen LogP contribution in [0.25, 0.3) is 0 Å². The highest BCUT2D eigenvalue weighted by Gasteiger charge is 2.24. The minimum absolute atomic E-state index is 0.159. The van der Waals surface area contributed by atoms with Crippen molar-refractivity contribution in [2.45, 2.75) is 25.8 Å². The molecule has 116 valence electrons. The minimum Gasteiger partial charge on any atom is -0.354 e. The molecule has 0 radical (unpaired) electrons. The number of hydrogen-bond donors (Lipinski definition) is 1. The molecular formula is C15H20N6O. The lowest BCUT2D eigenvalue weighted by Crippen LogP contribution is -2.38. The Morgan fingerprint density at radius 3 is 3.05 bits per heavy atom. The van der Waals surface area contributed by atoms with Gasteiger partial charge in [-0.15, -0.1) is 0 Å². The van der Waals surface area contributed by atoms with Crippen molar-refractivity contribution in [1.82, 2.24) is 25.1 Å². The van der Waals surface area contributed by atoms with Crippen LogP contribution < -0.4 is 10.2 Å². The van der Waals surface area contributed by atoms with Gasteiger partial charge in [0.25, 0.3) is 5.91 Å². The van der Waals surface area contributed by atoms with Gasteiger partial charge in [-0.3, -0.25) is 9.48 Å². The summed E-state index contributed by atoms with van der Waals surface area (Å²) in [7, 11) is 1.61. The lowest BCUT2D eigenvalue weighted by Gasteiger charge is -2.32. The molecule has 7 nitrogen and oxygen atoms in total. The number of amides is 1. The van der Waals surface area contributed by atoms with E-state index >= 15 is 0 Å². The summed E-state index contributed by atoms with van der Waals surface area (Å²) in [6.07, 6.45) is 5.75. The number of rotatable bonds is 3. The van der Waals surface area contributed by atoms with Crippen LogP contribution in [0.15, 0.2) is 24.5 Å². The largest absolute Gasteiger partial charge is 0.354 e. The molecule has 1 atom stereocenters. The highest BCUT2D eigenvalue weighted by Crippen LogP contribution is 2.23. The van der Waals surface area contributed by atoms with E-state index in [-0.39, 0.29) is 11.9 Å². The average Bonchev–Trinajstić information content (AvgIpc) is 3.04. The van der Waals surface area contributed by atoms with Gasteiger partial charge >= 0.3 is 0 Å². The van der Waals surface area contributed by atoms with Gasteiger partial charge in [0.2, 0.25) is 5.95 Å². The van der Waals surface area contributed by atoms with E-state index in [2.05, 4.69) is 25.3 Å². The van der Waals surface area contributed by atoms with Gasteiger partial charge in [0, 0.05) is 38.2 Å². The molecule has 2 aromatic rings. The Morgan fingerprint density at radius 2 is 2.27 bits per heavy atom. The third-order valence-corrected chi connectivity index (χ3v) is 3.90. The molecule has 3 rings (SSSR count). The normalized spacial score (nSPS) is 18.3. The number of hydrogen-bond acceptors (Lipinski definition) is 5. The summed E-state index contributed by atoms with van der Waals surface area (Å²) >= 11 is 0. The van der Waals surface area contributed by atoms with Crippen LogP contribution in [0.3, 0.4) is 0 Å². The second kappa shape index (κ2) is 6.13. The lowest BCUT2D eigenvalue weighted by molar-refractivity contribution is 0.0957. The number of aryl methyl sites for hydroxylation is 1. The molecular weight excluding hydrogens is 280 g/mol. The van der Waals surface area contributed by atoms with E-state index in [0.29, 0.717) is 5.69 Å². The molecule has 7 heteroatoms. The summed E-state index contributed by atoms with van der Waals surface area (Å²) in [5, 5.41) is 6.98. The van der Waals surface area contributed by atoms with Gasteiger partial charge in [-0.2, -0.15) is 5.10 Å².